The van der Waals surface area contributed by atoms with Crippen LogP contribution in [0.25, 0.3) is 0 Å². The Labute approximate surface area is 154 Å². The number of carbonyl (C=O) groups is 2. The largest absolute Gasteiger partial charge is 0.493 e. The average molecular weight is 376 g/mol. The minimum absolute atomic E-state index is 0.112. The van der Waals surface area contributed by atoms with Crippen LogP contribution in [-0.4, -0.2) is 48.1 Å². The number of thiazole rings is 1. The molecule has 1 atom stereocenters. The van der Waals surface area contributed by atoms with E-state index in [1.807, 2.05) is 5.38 Å². The summed E-state index contributed by atoms with van der Waals surface area (Å²) in [6.07, 6.45) is 0.681. The van der Waals surface area contributed by atoms with Crippen LogP contribution in [0, 0.1) is 0 Å². The van der Waals surface area contributed by atoms with Gasteiger partial charge in [-0.1, -0.05) is 0 Å². The summed E-state index contributed by atoms with van der Waals surface area (Å²) in [6.45, 7) is 1.33. The van der Waals surface area contributed by atoms with Crippen molar-refractivity contribution in [2.45, 2.75) is 19.1 Å². The van der Waals surface area contributed by atoms with Crippen molar-refractivity contribution in [1.29, 1.82) is 0 Å². The van der Waals surface area contributed by atoms with Gasteiger partial charge in [0.05, 0.1) is 18.3 Å². The van der Waals surface area contributed by atoms with E-state index in [2.05, 4.69) is 10.3 Å². The highest BCUT2D eigenvalue weighted by Crippen LogP contribution is 2.29. The van der Waals surface area contributed by atoms with Crippen molar-refractivity contribution in [3.63, 3.8) is 0 Å². The van der Waals surface area contributed by atoms with Crippen molar-refractivity contribution in [3.8, 4) is 11.5 Å². The van der Waals surface area contributed by atoms with Crippen molar-refractivity contribution in [1.82, 2.24) is 15.2 Å². The molecule has 3 amide bonds. The molecular formula is C17H20N4O4S. The monoisotopic (exact) mass is 376 g/mol. The van der Waals surface area contributed by atoms with E-state index in [9.17, 15) is 9.59 Å². The Kier molecular flexibility index (Phi) is 5.57. The topological polar surface area (TPSA) is 107 Å². The number of hydrogen-bond donors (Lipinski definition) is 2. The van der Waals surface area contributed by atoms with Gasteiger partial charge in [0.1, 0.15) is 6.61 Å². The summed E-state index contributed by atoms with van der Waals surface area (Å²) in [4.78, 5) is 29.5. The number of methoxy groups -OCH3 is 1. The summed E-state index contributed by atoms with van der Waals surface area (Å²) in [6, 6.07) is 4.39. The molecule has 1 aliphatic heterocycles. The van der Waals surface area contributed by atoms with Crippen LogP contribution in [0.15, 0.2) is 29.1 Å². The van der Waals surface area contributed by atoms with Gasteiger partial charge in [0.15, 0.2) is 11.5 Å². The molecule has 8 nitrogen and oxygen atoms in total. The fourth-order valence-corrected chi connectivity index (χ4v) is 3.37. The van der Waals surface area contributed by atoms with Gasteiger partial charge < -0.3 is 25.4 Å². The van der Waals surface area contributed by atoms with Crippen LogP contribution in [0.3, 0.4) is 0 Å². The van der Waals surface area contributed by atoms with Crippen LogP contribution < -0.4 is 20.5 Å². The maximum absolute atomic E-state index is 12.7. The highest BCUT2D eigenvalue weighted by Gasteiger charge is 2.28. The number of nitrogens with one attached hydrogen (secondary N) is 1. The molecule has 1 aromatic heterocycles. The summed E-state index contributed by atoms with van der Waals surface area (Å²) >= 11 is 1.50. The first kappa shape index (κ1) is 18.0. The molecule has 3 N–H and O–H groups in total. The number of ether oxygens (including phenoxy) is 2. The Morgan fingerprint density at radius 1 is 1.42 bits per heavy atom. The summed E-state index contributed by atoms with van der Waals surface area (Å²) in [7, 11) is 1.53. The Morgan fingerprint density at radius 2 is 2.27 bits per heavy atom. The van der Waals surface area contributed by atoms with Crippen molar-refractivity contribution in [2.24, 2.45) is 5.73 Å². The zero-order valence-electron chi connectivity index (χ0n) is 14.3. The molecule has 3 rings (SSSR count). The molecule has 1 fully saturated rings. The van der Waals surface area contributed by atoms with E-state index >= 15 is 0 Å². The quantitative estimate of drug-likeness (QED) is 0.797. The SMILES string of the molecule is COc1cc(C(=O)N2CCC(NC(N)=O)C2)ccc1OCc1cscn1. The van der Waals surface area contributed by atoms with Gasteiger partial charge in [-0.25, -0.2) is 9.78 Å². The van der Waals surface area contributed by atoms with Gasteiger partial charge in [0.25, 0.3) is 5.91 Å². The standard InChI is InChI=1S/C17H20N4O4S/c1-24-15-6-11(2-3-14(15)25-8-13-9-26-10-19-13)16(22)21-5-4-12(7-21)20-17(18)23/h2-3,6,9-10,12H,4-5,7-8H2,1H3,(H3,18,20,23). The second-order valence-electron chi connectivity index (χ2n) is 5.88. The second kappa shape index (κ2) is 8.05. The third-order valence-electron chi connectivity index (χ3n) is 4.09. The number of likely N-dealkylation sites (tertiary alicyclic amines) is 1. The highest BCUT2D eigenvalue weighted by atomic mass is 32.1. The smallest absolute Gasteiger partial charge is 0.312 e. The van der Waals surface area contributed by atoms with Gasteiger partial charge in [-0.2, -0.15) is 0 Å². The Balaban J connectivity index is 1.66. The maximum Gasteiger partial charge on any atom is 0.312 e. The van der Waals surface area contributed by atoms with E-state index < -0.39 is 6.03 Å². The molecule has 2 aromatic rings. The van der Waals surface area contributed by atoms with E-state index in [1.54, 1.807) is 28.6 Å². The fourth-order valence-electron chi connectivity index (χ4n) is 2.83. The average Bonchev–Trinajstić information content (AvgIpc) is 3.30. The van der Waals surface area contributed by atoms with Crippen molar-refractivity contribution in [2.75, 3.05) is 20.2 Å². The zero-order chi connectivity index (χ0) is 18.5. The van der Waals surface area contributed by atoms with Gasteiger partial charge in [0, 0.05) is 30.1 Å². The summed E-state index contributed by atoms with van der Waals surface area (Å²) < 4.78 is 11.1. The predicted molar refractivity (Wildman–Crippen MR) is 96.5 cm³/mol. The third-order valence-corrected chi connectivity index (χ3v) is 4.73. The number of amides is 3. The fraction of sp³-hybridized carbons (Fsp3) is 0.353. The highest BCUT2D eigenvalue weighted by molar-refractivity contribution is 7.07. The number of benzene rings is 1. The minimum Gasteiger partial charge on any atom is -0.493 e. The first-order valence-corrected chi connectivity index (χ1v) is 9.04. The lowest BCUT2D eigenvalue weighted by atomic mass is 10.1. The Morgan fingerprint density at radius 3 is 2.96 bits per heavy atom. The molecule has 0 aliphatic carbocycles. The molecule has 0 spiro atoms. The maximum atomic E-state index is 12.7. The summed E-state index contributed by atoms with van der Waals surface area (Å²) in [5.74, 6) is 0.909. The summed E-state index contributed by atoms with van der Waals surface area (Å²) in [5.41, 5.74) is 8.22. The molecule has 1 aliphatic rings. The normalized spacial score (nSPS) is 16.3. The van der Waals surface area contributed by atoms with Gasteiger partial charge in [0.2, 0.25) is 0 Å². The second-order valence-corrected chi connectivity index (χ2v) is 6.60. The molecule has 26 heavy (non-hydrogen) atoms. The van der Waals surface area contributed by atoms with Crippen molar-refractivity contribution >= 4 is 23.3 Å². The molecule has 0 radical (unpaired) electrons. The third kappa shape index (κ3) is 4.23. The number of hydrogen-bond acceptors (Lipinski definition) is 6. The van der Waals surface area contributed by atoms with Crippen LogP contribution in [0.4, 0.5) is 4.79 Å². The predicted octanol–water partition coefficient (Wildman–Crippen LogP) is 1.61. The van der Waals surface area contributed by atoms with Gasteiger partial charge in [-0.3, -0.25) is 4.79 Å². The van der Waals surface area contributed by atoms with E-state index in [4.69, 9.17) is 15.2 Å². The molecule has 0 bridgehead atoms. The molecule has 1 unspecified atom stereocenters. The van der Waals surface area contributed by atoms with Gasteiger partial charge in [-0.15, -0.1) is 11.3 Å². The number of primary amides is 1. The number of urea groups is 1. The minimum atomic E-state index is -0.576. The lowest BCUT2D eigenvalue weighted by Gasteiger charge is -2.18. The number of rotatable bonds is 6. The van der Waals surface area contributed by atoms with Crippen LogP contribution in [0.5, 0.6) is 11.5 Å². The first-order valence-electron chi connectivity index (χ1n) is 8.10. The Hall–Kier alpha value is -2.81. The van der Waals surface area contributed by atoms with E-state index in [1.165, 1.54) is 18.4 Å². The molecule has 1 saturated heterocycles. The number of carbonyl (C=O) groups excluding carboxylic acids is 2. The summed E-state index contributed by atoms with van der Waals surface area (Å²) in [5, 5.41) is 4.55. The number of nitrogens with zero attached hydrogens (tertiary/aromatic N) is 2. The van der Waals surface area contributed by atoms with Gasteiger partial charge >= 0.3 is 6.03 Å². The molecular weight excluding hydrogens is 356 g/mol. The lowest BCUT2D eigenvalue weighted by molar-refractivity contribution is 0.0789. The molecule has 2 heterocycles. The van der Waals surface area contributed by atoms with Crippen molar-refractivity contribution in [3.05, 3.63) is 40.3 Å². The number of nitrogens with two attached hydrogens (primary N) is 1. The molecule has 9 heteroatoms. The van der Waals surface area contributed by atoms with Crippen LogP contribution in [0.1, 0.15) is 22.5 Å². The van der Waals surface area contributed by atoms with Gasteiger partial charge in [-0.05, 0) is 24.6 Å². The lowest BCUT2D eigenvalue weighted by Crippen LogP contribution is -2.41. The first-order chi connectivity index (χ1) is 12.6. The molecule has 1 aromatic carbocycles. The van der Waals surface area contributed by atoms with E-state index in [-0.39, 0.29) is 11.9 Å². The van der Waals surface area contributed by atoms with Crippen molar-refractivity contribution < 1.29 is 19.1 Å². The van der Waals surface area contributed by atoms with E-state index in [0.717, 1.165) is 5.69 Å². The molecule has 0 saturated carbocycles. The Bertz CT molecular complexity index is 781. The zero-order valence-corrected chi connectivity index (χ0v) is 15.1. The molecule has 138 valence electrons. The van der Waals surface area contributed by atoms with Crippen LogP contribution in [-0.2, 0) is 6.61 Å². The number of aromatic nitrogens is 1. The van der Waals surface area contributed by atoms with Crippen LogP contribution >= 0.6 is 11.3 Å². The van der Waals surface area contributed by atoms with Crippen LogP contribution in [0.2, 0.25) is 0 Å². The van der Waals surface area contributed by atoms with E-state index in [0.29, 0.717) is 43.2 Å².